The number of halogens is 2. The molecule has 2 N–H and O–H groups in total. The molecule has 1 atom stereocenters. The van der Waals surface area contributed by atoms with Crippen LogP contribution in [0.4, 0.5) is 15.3 Å². The Balaban J connectivity index is 2.35. The maximum absolute atomic E-state index is 12.9. The monoisotopic (exact) mass is 384 g/mol. The van der Waals surface area contributed by atoms with Gasteiger partial charge in [-0.25, -0.2) is 0 Å². The van der Waals surface area contributed by atoms with Crippen molar-refractivity contribution in [3.05, 3.63) is 21.8 Å². The van der Waals surface area contributed by atoms with Gasteiger partial charge < -0.3 is 10.6 Å². The second-order valence-electron chi connectivity index (χ2n) is 4.01. The zero-order valence-electron chi connectivity index (χ0n) is 9.14. The van der Waals surface area contributed by atoms with Crippen LogP contribution in [0.15, 0.2) is 18.2 Å². The van der Waals surface area contributed by atoms with E-state index < -0.39 is 21.4 Å². The summed E-state index contributed by atoms with van der Waals surface area (Å²) >= 11 is 2.05. The largest absolute Gasteiger partial charge is 0.397 e. The molecule has 8 heteroatoms. The van der Waals surface area contributed by atoms with Crippen molar-refractivity contribution in [2.45, 2.75) is 11.7 Å². The summed E-state index contributed by atoms with van der Waals surface area (Å²) in [5.74, 6) is -0.435. The van der Waals surface area contributed by atoms with Crippen molar-refractivity contribution in [1.82, 2.24) is 0 Å². The van der Waals surface area contributed by atoms with E-state index in [4.69, 9.17) is 5.73 Å². The molecule has 98 valence electrons. The number of carbonyl (C=O) groups is 1. The minimum atomic E-state index is -4.70. The average molecular weight is 384 g/mol. The lowest BCUT2D eigenvalue weighted by molar-refractivity contribution is -0.117. The van der Waals surface area contributed by atoms with E-state index in [1.807, 2.05) is 0 Å². The standard InChI is InChI=1S/C10H10FIN2O3S/c11-18(16,17)7-4-10(15)14(5-7)9-3-6(12)1-2-8(9)13/h1-3,7H,4-5,13H2. The van der Waals surface area contributed by atoms with Gasteiger partial charge in [-0.05, 0) is 40.8 Å². The van der Waals surface area contributed by atoms with Gasteiger partial charge in [-0.15, -0.1) is 3.89 Å². The number of rotatable bonds is 2. The summed E-state index contributed by atoms with van der Waals surface area (Å²) in [5.41, 5.74) is 6.54. The topological polar surface area (TPSA) is 80.5 Å². The number of amides is 1. The first-order valence-corrected chi connectivity index (χ1v) is 7.60. The molecule has 1 saturated heterocycles. The van der Waals surface area contributed by atoms with Gasteiger partial charge in [0.2, 0.25) is 5.91 Å². The van der Waals surface area contributed by atoms with Crippen LogP contribution < -0.4 is 10.6 Å². The summed E-state index contributed by atoms with van der Waals surface area (Å²) in [6.07, 6.45) is -0.344. The Hall–Kier alpha value is -0.900. The van der Waals surface area contributed by atoms with Crippen molar-refractivity contribution >= 4 is 50.1 Å². The van der Waals surface area contributed by atoms with E-state index >= 15 is 0 Å². The van der Waals surface area contributed by atoms with E-state index in [0.29, 0.717) is 11.4 Å². The molecule has 0 saturated carbocycles. The number of benzene rings is 1. The molecule has 1 aromatic carbocycles. The van der Waals surface area contributed by atoms with Gasteiger partial charge in [0.15, 0.2) is 0 Å². The van der Waals surface area contributed by atoms with Gasteiger partial charge in [0, 0.05) is 16.5 Å². The van der Waals surface area contributed by atoms with E-state index in [9.17, 15) is 17.1 Å². The van der Waals surface area contributed by atoms with E-state index in [0.717, 1.165) is 3.57 Å². The molecule has 1 aromatic rings. The smallest absolute Gasteiger partial charge is 0.307 e. The Bertz CT molecular complexity index is 605. The van der Waals surface area contributed by atoms with Gasteiger partial charge in [0.05, 0.1) is 11.4 Å². The van der Waals surface area contributed by atoms with E-state index in [1.165, 1.54) is 4.90 Å². The van der Waals surface area contributed by atoms with Crippen molar-refractivity contribution in [2.75, 3.05) is 17.2 Å². The molecule has 1 heterocycles. The SMILES string of the molecule is Nc1ccc(I)cc1N1CC(S(=O)(=O)F)CC1=O. The van der Waals surface area contributed by atoms with E-state index in [-0.39, 0.29) is 13.0 Å². The van der Waals surface area contributed by atoms with Crippen LogP contribution in [0, 0.1) is 3.57 Å². The number of nitrogens with zero attached hydrogens (tertiary/aromatic N) is 1. The maximum atomic E-state index is 12.9. The molecule has 0 aromatic heterocycles. The fourth-order valence-electron chi connectivity index (χ4n) is 1.85. The molecule has 2 rings (SSSR count). The van der Waals surface area contributed by atoms with Crippen molar-refractivity contribution in [2.24, 2.45) is 0 Å². The molecule has 18 heavy (non-hydrogen) atoms. The Kier molecular flexibility index (Phi) is 3.49. The van der Waals surface area contributed by atoms with Crippen molar-refractivity contribution in [3.8, 4) is 0 Å². The molecule has 0 spiro atoms. The molecular formula is C10H10FIN2O3S. The third kappa shape index (κ3) is 2.58. The summed E-state index contributed by atoms with van der Waals surface area (Å²) in [5, 5.41) is -1.30. The molecule has 1 aliphatic heterocycles. The van der Waals surface area contributed by atoms with Crippen molar-refractivity contribution < 1.29 is 17.1 Å². The fourth-order valence-corrected chi connectivity index (χ4v) is 2.99. The van der Waals surface area contributed by atoms with Crippen LogP contribution in [0.2, 0.25) is 0 Å². The minimum Gasteiger partial charge on any atom is -0.397 e. The lowest BCUT2D eigenvalue weighted by Gasteiger charge is -2.18. The zero-order valence-corrected chi connectivity index (χ0v) is 12.1. The summed E-state index contributed by atoms with van der Waals surface area (Å²) < 4.78 is 35.4. The maximum Gasteiger partial charge on any atom is 0.307 e. The summed E-state index contributed by atoms with van der Waals surface area (Å²) in [7, 11) is -4.70. The minimum absolute atomic E-state index is 0.193. The van der Waals surface area contributed by atoms with Crippen LogP contribution in [-0.2, 0) is 15.0 Å². The lowest BCUT2D eigenvalue weighted by atomic mass is 10.2. The first kappa shape index (κ1) is 13.5. The Labute approximate surface area is 117 Å². The molecule has 1 amide bonds. The highest BCUT2D eigenvalue weighted by molar-refractivity contribution is 14.1. The first-order valence-electron chi connectivity index (χ1n) is 5.08. The quantitative estimate of drug-likeness (QED) is 0.473. The summed E-state index contributed by atoms with van der Waals surface area (Å²) in [6.45, 7) is -0.193. The van der Waals surface area contributed by atoms with Crippen LogP contribution in [0.1, 0.15) is 6.42 Å². The third-order valence-corrected chi connectivity index (χ3v) is 4.55. The average Bonchev–Trinajstić information content (AvgIpc) is 2.64. The van der Waals surface area contributed by atoms with Crippen LogP contribution >= 0.6 is 22.6 Å². The van der Waals surface area contributed by atoms with Gasteiger partial charge >= 0.3 is 10.2 Å². The molecule has 0 aliphatic carbocycles. The molecular weight excluding hydrogens is 374 g/mol. The first-order chi connectivity index (χ1) is 8.29. The van der Waals surface area contributed by atoms with E-state index in [1.54, 1.807) is 18.2 Å². The Morgan fingerprint density at radius 2 is 2.11 bits per heavy atom. The summed E-state index contributed by atoms with van der Waals surface area (Å²) in [6, 6.07) is 5.06. The predicted octanol–water partition coefficient (Wildman–Crippen LogP) is 1.28. The normalized spacial score (nSPS) is 20.4. The fraction of sp³-hybridized carbons (Fsp3) is 0.300. The summed E-state index contributed by atoms with van der Waals surface area (Å²) in [4.78, 5) is 13.0. The predicted molar refractivity (Wildman–Crippen MR) is 74.4 cm³/mol. The Morgan fingerprint density at radius 1 is 1.44 bits per heavy atom. The lowest BCUT2D eigenvalue weighted by Crippen LogP contribution is -2.27. The number of carbonyl (C=O) groups excluding carboxylic acids is 1. The van der Waals surface area contributed by atoms with Crippen molar-refractivity contribution in [3.63, 3.8) is 0 Å². The van der Waals surface area contributed by atoms with Gasteiger partial charge in [0.1, 0.15) is 5.25 Å². The molecule has 5 nitrogen and oxygen atoms in total. The molecule has 1 unspecified atom stereocenters. The van der Waals surface area contributed by atoms with Gasteiger partial charge in [-0.3, -0.25) is 4.79 Å². The second kappa shape index (κ2) is 4.65. The second-order valence-corrected chi connectivity index (χ2v) is 6.87. The molecule has 0 bridgehead atoms. The van der Waals surface area contributed by atoms with Crippen LogP contribution in [0.5, 0.6) is 0 Å². The highest BCUT2D eigenvalue weighted by atomic mass is 127. The number of hydrogen-bond acceptors (Lipinski definition) is 4. The van der Waals surface area contributed by atoms with E-state index in [2.05, 4.69) is 22.6 Å². The van der Waals surface area contributed by atoms with Crippen LogP contribution in [0.25, 0.3) is 0 Å². The number of nitrogens with two attached hydrogens (primary N) is 1. The number of nitrogen functional groups attached to an aromatic ring is 1. The highest BCUT2D eigenvalue weighted by Crippen LogP contribution is 2.31. The highest BCUT2D eigenvalue weighted by Gasteiger charge is 2.39. The zero-order chi connectivity index (χ0) is 13.5. The Morgan fingerprint density at radius 3 is 2.67 bits per heavy atom. The molecule has 1 aliphatic rings. The van der Waals surface area contributed by atoms with Crippen LogP contribution in [0.3, 0.4) is 0 Å². The van der Waals surface area contributed by atoms with Gasteiger partial charge in [-0.1, -0.05) is 0 Å². The van der Waals surface area contributed by atoms with Crippen molar-refractivity contribution in [1.29, 1.82) is 0 Å². The van der Waals surface area contributed by atoms with Gasteiger partial charge in [-0.2, -0.15) is 8.42 Å². The van der Waals surface area contributed by atoms with Gasteiger partial charge in [0.25, 0.3) is 0 Å². The molecule has 1 fully saturated rings. The third-order valence-electron chi connectivity index (χ3n) is 2.77. The number of anilines is 2. The van der Waals surface area contributed by atoms with Crippen LogP contribution in [-0.4, -0.2) is 26.1 Å². The number of hydrogen-bond donors (Lipinski definition) is 1. The molecule has 0 radical (unpaired) electrons.